The largest absolute Gasteiger partial charge is 0.351 e. The minimum atomic E-state index is -3.75. The van der Waals surface area contributed by atoms with E-state index in [4.69, 9.17) is 5.14 Å². The zero-order chi connectivity index (χ0) is 14.5. The Bertz CT molecular complexity index is 655. The van der Waals surface area contributed by atoms with Crippen LogP contribution in [0.3, 0.4) is 0 Å². The lowest BCUT2D eigenvalue weighted by Gasteiger charge is -2.14. The normalized spacial score (nSPS) is 20.7. The molecular formula is C13H18N2O3S2. The van der Waals surface area contributed by atoms with Gasteiger partial charge in [0.25, 0.3) is 5.91 Å². The van der Waals surface area contributed by atoms with Gasteiger partial charge in [-0.25, -0.2) is 13.6 Å². The molecule has 3 rings (SSSR count). The van der Waals surface area contributed by atoms with Crippen molar-refractivity contribution in [2.45, 2.75) is 37.5 Å². The Morgan fingerprint density at radius 1 is 1.50 bits per heavy atom. The molecule has 20 heavy (non-hydrogen) atoms. The van der Waals surface area contributed by atoms with Crippen molar-refractivity contribution in [2.75, 3.05) is 6.54 Å². The molecule has 0 radical (unpaired) electrons. The summed E-state index contributed by atoms with van der Waals surface area (Å²) < 4.78 is 22.7. The molecule has 0 aromatic carbocycles. The maximum absolute atomic E-state index is 12.1. The van der Waals surface area contributed by atoms with Gasteiger partial charge in [-0.3, -0.25) is 4.79 Å². The van der Waals surface area contributed by atoms with Gasteiger partial charge in [-0.2, -0.15) is 0 Å². The van der Waals surface area contributed by atoms with E-state index in [0.717, 1.165) is 5.92 Å². The quantitative estimate of drug-likeness (QED) is 0.865. The number of amides is 1. The standard InChI is InChI=1S/C13H18N2O3S2/c1-8-11(20(14,17)18)6-10(19-8)12(16)15-7-13(4-5-13)9-2-3-9/h6,9H,2-5,7H2,1H3,(H,15,16)(H2,14,17,18). The van der Waals surface area contributed by atoms with E-state index in [1.165, 1.54) is 43.1 Å². The van der Waals surface area contributed by atoms with Gasteiger partial charge in [0.15, 0.2) is 0 Å². The molecule has 0 aliphatic heterocycles. The number of primary sulfonamides is 1. The van der Waals surface area contributed by atoms with Crippen LogP contribution in [0.2, 0.25) is 0 Å². The van der Waals surface area contributed by atoms with Crippen LogP contribution in [0.15, 0.2) is 11.0 Å². The Morgan fingerprint density at radius 2 is 2.15 bits per heavy atom. The van der Waals surface area contributed by atoms with E-state index in [2.05, 4.69) is 5.32 Å². The van der Waals surface area contributed by atoms with Crippen molar-refractivity contribution in [3.63, 3.8) is 0 Å². The van der Waals surface area contributed by atoms with E-state index >= 15 is 0 Å². The lowest BCUT2D eigenvalue weighted by molar-refractivity contribution is 0.0946. The molecule has 3 N–H and O–H groups in total. The summed E-state index contributed by atoms with van der Waals surface area (Å²) in [4.78, 5) is 13.1. The Hall–Kier alpha value is -0.920. The second kappa shape index (κ2) is 4.54. The van der Waals surface area contributed by atoms with Gasteiger partial charge in [0, 0.05) is 11.4 Å². The predicted molar refractivity (Wildman–Crippen MR) is 77.2 cm³/mol. The van der Waals surface area contributed by atoms with Crippen molar-refractivity contribution in [1.82, 2.24) is 5.32 Å². The summed E-state index contributed by atoms with van der Waals surface area (Å²) in [6, 6.07) is 1.38. The lowest BCUT2D eigenvalue weighted by atomic mass is 10.0. The molecule has 2 saturated carbocycles. The molecule has 1 aromatic heterocycles. The first-order chi connectivity index (χ1) is 9.32. The highest BCUT2D eigenvalue weighted by Gasteiger charge is 2.53. The van der Waals surface area contributed by atoms with Crippen LogP contribution in [0.25, 0.3) is 0 Å². The fourth-order valence-corrected chi connectivity index (χ4v) is 4.85. The number of nitrogens with one attached hydrogen (secondary N) is 1. The molecule has 2 fully saturated rings. The first-order valence-electron chi connectivity index (χ1n) is 6.73. The average Bonchev–Trinajstić information content (AvgIpc) is 3.22. The fourth-order valence-electron chi connectivity index (χ4n) is 2.79. The summed E-state index contributed by atoms with van der Waals surface area (Å²) >= 11 is 1.17. The van der Waals surface area contributed by atoms with E-state index in [-0.39, 0.29) is 10.8 Å². The van der Waals surface area contributed by atoms with Crippen molar-refractivity contribution < 1.29 is 13.2 Å². The number of hydrogen-bond acceptors (Lipinski definition) is 4. The summed E-state index contributed by atoms with van der Waals surface area (Å²) in [7, 11) is -3.75. The molecule has 0 bridgehead atoms. The molecule has 0 saturated heterocycles. The average molecular weight is 314 g/mol. The van der Waals surface area contributed by atoms with Gasteiger partial charge >= 0.3 is 0 Å². The van der Waals surface area contributed by atoms with Gasteiger partial charge in [-0.15, -0.1) is 11.3 Å². The van der Waals surface area contributed by atoms with Gasteiger partial charge in [-0.05, 0) is 50.0 Å². The predicted octanol–water partition coefficient (Wildman–Crippen LogP) is 1.62. The zero-order valence-electron chi connectivity index (χ0n) is 11.3. The van der Waals surface area contributed by atoms with Crippen molar-refractivity contribution in [2.24, 2.45) is 16.5 Å². The molecular weight excluding hydrogens is 296 g/mol. The van der Waals surface area contributed by atoms with Crippen LogP contribution in [0.1, 0.15) is 40.2 Å². The summed E-state index contributed by atoms with van der Waals surface area (Å²) in [5.41, 5.74) is 0.338. The number of carbonyl (C=O) groups is 1. The van der Waals surface area contributed by atoms with E-state index in [0.29, 0.717) is 21.7 Å². The molecule has 0 unspecified atom stereocenters. The second-order valence-corrected chi connectivity index (χ2v) is 8.68. The number of carbonyl (C=O) groups excluding carboxylic acids is 1. The third kappa shape index (κ3) is 2.62. The molecule has 5 nitrogen and oxygen atoms in total. The monoisotopic (exact) mass is 314 g/mol. The highest BCUT2D eigenvalue weighted by atomic mass is 32.2. The van der Waals surface area contributed by atoms with Crippen LogP contribution >= 0.6 is 11.3 Å². The number of sulfonamides is 1. The molecule has 0 spiro atoms. The molecule has 110 valence electrons. The van der Waals surface area contributed by atoms with E-state index < -0.39 is 10.0 Å². The highest BCUT2D eigenvalue weighted by Crippen LogP contribution is 2.60. The Balaban J connectivity index is 1.68. The Morgan fingerprint density at radius 3 is 2.60 bits per heavy atom. The van der Waals surface area contributed by atoms with E-state index in [1.807, 2.05) is 0 Å². The van der Waals surface area contributed by atoms with Crippen LogP contribution in [0, 0.1) is 18.3 Å². The lowest BCUT2D eigenvalue weighted by Crippen LogP contribution is -2.30. The summed E-state index contributed by atoms with van der Waals surface area (Å²) in [5, 5.41) is 8.07. The minimum Gasteiger partial charge on any atom is -0.351 e. The minimum absolute atomic E-state index is 0.0518. The third-order valence-electron chi connectivity index (χ3n) is 4.34. The third-order valence-corrected chi connectivity index (χ3v) is 6.55. The maximum Gasteiger partial charge on any atom is 0.261 e. The second-order valence-electron chi connectivity index (χ2n) is 5.90. The molecule has 1 aromatic rings. The summed E-state index contributed by atoms with van der Waals surface area (Å²) in [5.74, 6) is 0.591. The molecule has 0 atom stereocenters. The number of nitrogens with two attached hydrogens (primary N) is 1. The van der Waals surface area contributed by atoms with E-state index in [1.54, 1.807) is 6.92 Å². The number of thiophene rings is 1. The van der Waals surface area contributed by atoms with Gasteiger partial charge in [0.2, 0.25) is 10.0 Å². The smallest absolute Gasteiger partial charge is 0.261 e. The summed E-state index contributed by atoms with van der Waals surface area (Å²) in [6.07, 6.45) is 4.96. The van der Waals surface area contributed by atoms with Crippen LogP contribution in [0.4, 0.5) is 0 Å². The maximum atomic E-state index is 12.1. The number of rotatable bonds is 5. The topological polar surface area (TPSA) is 89.3 Å². The van der Waals surface area contributed by atoms with Crippen molar-refractivity contribution in [1.29, 1.82) is 0 Å². The first-order valence-corrected chi connectivity index (χ1v) is 9.10. The van der Waals surface area contributed by atoms with Crippen molar-refractivity contribution >= 4 is 27.3 Å². The SMILES string of the molecule is Cc1sc(C(=O)NCC2(C3CC3)CC2)cc1S(N)(=O)=O. The number of hydrogen-bond donors (Lipinski definition) is 2. The highest BCUT2D eigenvalue weighted by molar-refractivity contribution is 7.89. The van der Waals surface area contributed by atoms with Crippen LogP contribution in [-0.4, -0.2) is 20.9 Å². The Kier molecular flexibility index (Phi) is 3.19. The number of aryl methyl sites for hydroxylation is 1. The van der Waals surface area contributed by atoms with Gasteiger partial charge in [0.05, 0.1) is 9.77 Å². The van der Waals surface area contributed by atoms with Crippen LogP contribution in [-0.2, 0) is 10.0 Å². The van der Waals surface area contributed by atoms with Crippen LogP contribution in [0.5, 0.6) is 0 Å². The summed E-state index contributed by atoms with van der Waals surface area (Å²) in [6.45, 7) is 2.37. The van der Waals surface area contributed by atoms with Gasteiger partial charge in [0.1, 0.15) is 0 Å². The molecule has 2 aliphatic rings. The van der Waals surface area contributed by atoms with Gasteiger partial charge < -0.3 is 5.32 Å². The zero-order valence-corrected chi connectivity index (χ0v) is 12.9. The molecule has 7 heteroatoms. The first kappa shape index (κ1) is 14.0. The van der Waals surface area contributed by atoms with E-state index in [9.17, 15) is 13.2 Å². The van der Waals surface area contributed by atoms with Gasteiger partial charge in [-0.1, -0.05) is 0 Å². The Labute approximate surface area is 122 Å². The molecule has 1 amide bonds. The molecule has 1 heterocycles. The molecule has 2 aliphatic carbocycles. The van der Waals surface area contributed by atoms with Crippen molar-refractivity contribution in [3.8, 4) is 0 Å². The van der Waals surface area contributed by atoms with Crippen molar-refractivity contribution in [3.05, 3.63) is 15.8 Å². The van der Waals surface area contributed by atoms with Crippen LogP contribution < -0.4 is 10.5 Å². The fraction of sp³-hybridized carbons (Fsp3) is 0.615.